The molecule has 0 aliphatic heterocycles. The van der Waals surface area contributed by atoms with Crippen LogP contribution in [0.25, 0.3) is 0 Å². The molecule has 14 heavy (non-hydrogen) atoms. The first-order valence-electron chi connectivity index (χ1n) is 4.72. The van der Waals surface area contributed by atoms with Gasteiger partial charge in [-0.15, -0.1) is 6.58 Å². The Morgan fingerprint density at radius 1 is 1.50 bits per heavy atom. The summed E-state index contributed by atoms with van der Waals surface area (Å²) in [7, 11) is 0. The molecule has 0 atom stereocenters. The van der Waals surface area contributed by atoms with Crippen LogP contribution in [0.2, 0.25) is 0 Å². The molecule has 0 spiro atoms. The molecule has 0 heterocycles. The Morgan fingerprint density at radius 3 is 2.93 bits per heavy atom. The number of benzene rings is 1. The van der Waals surface area contributed by atoms with Crippen LogP contribution in [-0.2, 0) is 6.42 Å². The zero-order valence-electron chi connectivity index (χ0n) is 8.49. The van der Waals surface area contributed by atoms with Gasteiger partial charge in [0.25, 0.3) is 0 Å². The summed E-state index contributed by atoms with van der Waals surface area (Å²) in [6.45, 7) is 6.13. The van der Waals surface area contributed by atoms with E-state index in [1.807, 2.05) is 25.1 Å². The van der Waals surface area contributed by atoms with Gasteiger partial charge in [0.05, 0.1) is 6.61 Å². The van der Waals surface area contributed by atoms with E-state index in [0.717, 1.165) is 17.7 Å². The maximum absolute atomic E-state index is 8.66. The fraction of sp³-hybridized carbons (Fsp3) is 0.333. The highest BCUT2D eigenvalue weighted by Crippen LogP contribution is 2.20. The summed E-state index contributed by atoms with van der Waals surface area (Å²) < 4.78 is 5.40. The summed E-state index contributed by atoms with van der Waals surface area (Å²) in [6.07, 6.45) is 2.64. The van der Waals surface area contributed by atoms with Crippen molar-refractivity contribution in [3.63, 3.8) is 0 Å². The van der Waals surface area contributed by atoms with Crippen LogP contribution in [0, 0.1) is 6.92 Å². The van der Waals surface area contributed by atoms with Gasteiger partial charge < -0.3 is 9.84 Å². The zero-order chi connectivity index (χ0) is 10.4. The second-order valence-electron chi connectivity index (χ2n) is 3.18. The summed E-state index contributed by atoms with van der Waals surface area (Å²) in [4.78, 5) is 0. The molecule has 0 fully saturated rings. The van der Waals surface area contributed by atoms with Gasteiger partial charge in [-0.2, -0.15) is 0 Å². The van der Waals surface area contributed by atoms with Crippen LogP contribution in [-0.4, -0.2) is 18.3 Å². The van der Waals surface area contributed by atoms with Crippen LogP contribution < -0.4 is 4.74 Å². The first-order chi connectivity index (χ1) is 6.77. The van der Waals surface area contributed by atoms with Crippen molar-refractivity contribution in [2.75, 3.05) is 13.2 Å². The highest BCUT2D eigenvalue weighted by Gasteiger charge is 2.01. The number of allylic oxidation sites excluding steroid dienone is 1. The minimum absolute atomic E-state index is 0.0431. The van der Waals surface area contributed by atoms with Crippen molar-refractivity contribution in [1.29, 1.82) is 0 Å². The van der Waals surface area contributed by atoms with Crippen molar-refractivity contribution in [1.82, 2.24) is 0 Å². The van der Waals surface area contributed by atoms with E-state index in [2.05, 4.69) is 12.6 Å². The number of aliphatic hydroxyl groups excluding tert-OH is 1. The molecular formula is C12H16O2. The van der Waals surface area contributed by atoms with Gasteiger partial charge in [0, 0.05) is 0 Å². The third-order valence-corrected chi connectivity index (χ3v) is 1.93. The highest BCUT2D eigenvalue weighted by molar-refractivity contribution is 5.38. The second kappa shape index (κ2) is 5.45. The lowest BCUT2D eigenvalue weighted by atomic mass is 10.1. The topological polar surface area (TPSA) is 29.5 Å². The van der Waals surface area contributed by atoms with Crippen molar-refractivity contribution < 1.29 is 9.84 Å². The van der Waals surface area contributed by atoms with Crippen LogP contribution >= 0.6 is 0 Å². The Balaban J connectivity index is 2.83. The summed E-state index contributed by atoms with van der Waals surface area (Å²) >= 11 is 0. The number of ether oxygens (including phenoxy) is 1. The molecule has 0 saturated heterocycles. The van der Waals surface area contributed by atoms with Gasteiger partial charge >= 0.3 is 0 Å². The quantitative estimate of drug-likeness (QED) is 0.724. The Labute approximate surface area is 84.8 Å². The number of hydrogen-bond donors (Lipinski definition) is 1. The van der Waals surface area contributed by atoms with Crippen LogP contribution in [0.4, 0.5) is 0 Å². The van der Waals surface area contributed by atoms with Crippen LogP contribution in [0.1, 0.15) is 11.1 Å². The van der Waals surface area contributed by atoms with Crippen LogP contribution in [0.3, 0.4) is 0 Å². The SMILES string of the molecule is C=CCc1cc(C)ccc1OCCO. The fourth-order valence-electron chi connectivity index (χ4n) is 1.32. The van der Waals surface area contributed by atoms with E-state index in [-0.39, 0.29) is 6.61 Å². The van der Waals surface area contributed by atoms with Crippen molar-refractivity contribution in [3.8, 4) is 5.75 Å². The van der Waals surface area contributed by atoms with E-state index in [4.69, 9.17) is 9.84 Å². The molecule has 0 aliphatic rings. The summed E-state index contributed by atoms with van der Waals surface area (Å²) in [6, 6.07) is 6.01. The normalized spacial score (nSPS) is 9.86. The molecule has 0 saturated carbocycles. The van der Waals surface area contributed by atoms with Gasteiger partial charge in [0.1, 0.15) is 12.4 Å². The largest absolute Gasteiger partial charge is 0.491 e. The lowest BCUT2D eigenvalue weighted by Gasteiger charge is -2.09. The standard InChI is InChI=1S/C12H16O2/c1-3-4-11-9-10(2)5-6-12(11)14-8-7-13/h3,5-6,9,13H,1,4,7-8H2,2H3. The third kappa shape index (κ3) is 2.89. The molecule has 0 radical (unpaired) electrons. The first-order valence-corrected chi connectivity index (χ1v) is 4.72. The molecule has 0 aromatic heterocycles. The van der Waals surface area contributed by atoms with Gasteiger partial charge in [-0.1, -0.05) is 23.8 Å². The molecule has 1 aromatic carbocycles. The molecule has 1 aromatic rings. The first kappa shape index (κ1) is 10.8. The predicted octanol–water partition coefficient (Wildman–Crippen LogP) is 2.09. The van der Waals surface area contributed by atoms with Gasteiger partial charge in [-0.3, -0.25) is 0 Å². The molecule has 0 bridgehead atoms. The maximum atomic E-state index is 8.66. The van der Waals surface area contributed by atoms with E-state index in [1.165, 1.54) is 5.56 Å². The Kier molecular flexibility index (Phi) is 4.20. The minimum Gasteiger partial charge on any atom is -0.491 e. The van der Waals surface area contributed by atoms with Gasteiger partial charge in [0.2, 0.25) is 0 Å². The molecule has 2 heteroatoms. The van der Waals surface area contributed by atoms with Gasteiger partial charge in [-0.05, 0) is 25.0 Å². The van der Waals surface area contributed by atoms with E-state index in [0.29, 0.717) is 6.61 Å². The summed E-state index contributed by atoms with van der Waals surface area (Å²) in [5, 5.41) is 8.66. The molecule has 1 N–H and O–H groups in total. The minimum atomic E-state index is 0.0431. The van der Waals surface area contributed by atoms with Crippen molar-refractivity contribution >= 4 is 0 Å². The fourth-order valence-corrected chi connectivity index (χ4v) is 1.32. The zero-order valence-corrected chi connectivity index (χ0v) is 8.49. The molecular weight excluding hydrogens is 176 g/mol. The average molecular weight is 192 g/mol. The molecule has 76 valence electrons. The van der Waals surface area contributed by atoms with Crippen molar-refractivity contribution in [2.24, 2.45) is 0 Å². The third-order valence-electron chi connectivity index (χ3n) is 1.93. The number of rotatable bonds is 5. The van der Waals surface area contributed by atoms with E-state index < -0.39 is 0 Å². The van der Waals surface area contributed by atoms with E-state index >= 15 is 0 Å². The predicted molar refractivity (Wildman–Crippen MR) is 57.7 cm³/mol. The smallest absolute Gasteiger partial charge is 0.122 e. The van der Waals surface area contributed by atoms with E-state index in [1.54, 1.807) is 0 Å². The maximum Gasteiger partial charge on any atom is 0.122 e. The highest BCUT2D eigenvalue weighted by atomic mass is 16.5. The number of hydrogen-bond acceptors (Lipinski definition) is 2. The monoisotopic (exact) mass is 192 g/mol. The Hall–Kier alpha value is -1.28. The number of aryl methyl sites for hydroxylation is 1. The van der Waals surface area contributed by atoms with Crippen LogP contribution in [0.5, 0.6) is 5.75 Å². The van der Waals surface area contributed by atoms with Crippen molar-refractivity contribution in [2.45, 2.75) is 13.3 Å². The second-order valence-corrected chi connectivity index (χ2v) is 3.18. The lowest BCUT2D eigenvalue weighted by molar-refractivity contribution is 0.200. The molecule has 0 amide bonds. The number of aliphatic hydroxyl groups is 1. The molecule has 0 aliphatic carbocycles. The van der Waals surface area contributed by atoms with Gasteiger partial charge in [0.15, 0.2) is 0 Å². The average Bonchev–Trinajstić information content (AvgIpc) is 2.17. The lowest BCUT2D eigenvalue weighted by Crippen LogP contribution is -2.03. The molecule has 0 unspecified atom stereocenters. The summed E-state index contributed by atoms with van der Waals surface area (Å²) in [5.41, 5.74) is 2.33. The van der Waals surface area contributed by atoms with Crippen LogP contribution in [0.15, 0.2) is 30.9 Å². The van der Waals surface area contributed by atoms with Crippen molar-refractivity contribution in [3.05, 3.63) is 42.0 Å². The summed E-state index contributed by atoms with van der Waals surface area (Å²) in [5.74, 6) is 0.838. The molecule has 2 nitrogen and oxygen atoms in total. The van der Waals surface area contributed by atoms with E-state index in [9.17, 15) is 0 Å². The van der Waals surface area contributed by atoms with Gasteiger partial charge in [-0.25, -0.2) is 0 Å². The molecule has 1 rings (SSSR count). The Bertz CT molecular complexity index is 305. The Morgan fingerprint density at radius 2 is 2.29 bits per heavy atom.